The smallest absolute Gasteiger partial charge is 0.162 e. The first-order chi connectivity index (χ1) is 8.63. The van der Waals surface area contributed by atoms with Gasteiger partial charge in [0.05, 0.1) is 6.10 Å². The minimum Gasteiger partial charge on any atom is -0.378 e. The molecule has 1 saturated heterocycles. The van der Waals surface area contributed by atoms with Crippen molar-refractivity contribution >= 4 is 11.6 Å². The lowest BCUT2D eigenvalue weighted by Gasteiger charge is -2.22. The van der Waals surface area contributed by atoms with Crippen molar-refractivity contribution in [3.63, 3.8) is 0 Å². The van der Waals surface area contributed by atoms with E-state index < -0.39 is 11.6 Å². The van der Waals surface area contributed by atoms with E-state index in [2.05, 4.69) is 6.92 Å². The van der Waals surface area contributed by atoms with Crippen molar-refractivity contribution in [2.75, 3.05) is 6.61 Å². The highest BCUT2D eigenvalue weighted by Crippen LogP contribution is 2.31. The molecule has 1 aromatic rings. The van der Waals surface area contributed by atoms with Crippen LogP contribution in [-0.2, 0) is 11.2 Å². The number of hydrogen-bond donors (Lipinski definition) is 0. The number of halogens is 3. The summed E-state index contributed by atoms with van der Waals surface area (Å²) in [6.07, 6.45) is 2.28. The van der Waals surface area contributed by atoms with Gasteiger partial charge in [0.1, 0.15) is 0 Å². The topological polar surface area (TPSA) is 9.23 Å². The standard InChI is InChI=1S/C14H17ClF2O/c1-2-13-10(6-7-18-13)11(15)8-9-4-3-5-12(16)14(9)17/h3-5,10-11,13H,2,6-8H2,1H3. The Morgan fingerprint density at radius 3 is 2.94 bits per heavy atom. The molecule has 0 aromatic heterocycles. The Hall–Kier alpha value is -0.670. The Balaban J connectivity index is 2.06. The molecule has 1 fully saturated rings. The highest BCUT2D eigenvalue weighted by atomic mass is 35.5. The Labute approximate surface area is 111 Å². The number of rotatable bonds is 4. The van der Waals surface area contributed by atoms with Crippen molar-refractivity contribution in [2.45, 2.75) is 37.7 Å². The van der Waals surface area contributed by atoms with Gasteiger partial charge < -0.3 is 4.74 Å². The SMILES string of the molecule is CCC1OCCC1C(Cl)Cc1cccc(F)c1F. The summed E-state index contributed by atoms with van der Waals surface area (Å²) in [7, 11) is 0. The van der Waals surface area contributed by atoms with Crippen LogP contribution >= 0.6 is 11.6 Å². The molecule has 0 N–H and O–H groups in total. The zero-order valence-corrected chi connectivity index (χ0v) is 11.1. The Morgan fingerprint density at radius 1 is 1.44 bits per heavy atom. The molecule has 100 valence electrons. The normalized spacial score (nSPS) is 25.3. The average molecular weight is 275 g/mol. The van der Waals surface area contributed by atoms with Crippen LogP contribution in [0.5, 0.6) is 0 Å². The van der Waals surface area contributed by atoms with Gasteiger partial charge in [-0.2, -0.15) is 0 Å². The van der Waals surface area contributed by atoms with Crippen molar-refractivity contribution in [1.82, 2.24) is 0 Å². The third-order valence-corrected chi connectivity index (χ3v) is 4.05. The van der Waals surface area contributed by atoms with Crippen LogP contribution in [0.15, 0.2) is 18.2 Å². The first-order valence-electron chi connectivity index (χ1n) is 6.32. The van der Waals surface area contributed by atoms with Crippen LogP contribution in [0.4, 0.5) is 8.78 Å². The molecule has 1 aliphatic rings. The predicted octanol–water partition coefficient (Wildman–Crippen LogP) is 3.93. The first-order valence-corrected chi connectivity index (χ1v) is 6.75. The fourth-order valence-corrected chi connectivity index (χ4v) is 3.02. The van der Waals surface area contributed by atoms with Gasteiger partial charge in [-0.15, -0.1) is 11.6 Å². The summed E-state index contributed by atoms with van der Waals surface area (Å²) in [5.74, 6) is -1.37. The van der Waals surface area contributed by atoms with Gasteiger partial charge in [0.25, 0.3) is 0 Å². The first kappa shape index (κ1) is 13.8. The zero-order valence-electron chi connectivity index (χ0n) is 10.3. The summed E-state index contributed by atoms with van der Waals surface area (Å²) in [5, 5.41) is -0.214. The van der Waals surface area contributed by atoms with E-state index in [1.807, 2.05) is 0 Å². The highest BCUT2D eigenvalue weighted by Gasteiger charge is 2.33. The summed E-state index contributed by atoms with van der Waals surface area (Å²) < 4.78 is 32.2. The Morgan fingerprint density at radius 2 is 2.22 bits per heavy atom. The zero-order chi connectivity index (χ0) is 13.1. The van der Waals surface area contributed by atoms with E-state index in [4.69, 9.17) is 16.3 Å². The van der Waals surface area contributed by atoms with E-state index in [1.54, 1.807) is 6.07 Å². The van der Waals surface area contributed by atoms with Gasteiger partial charge in [0.15, 0.2) is 11.6 Å². The van der Waals surface area contributed by atoms with Gasteiger partial charge in [-0.05, 0) is 30.9 Å². The highest BCUT2D eigenvalue weighted by molar-refractivity contribution is 6.21. The second-order valence-corrected chi connectivity index (χ2v) is 5.26. The second kappa shape index (κ2) is 5.98. The average Bonchev–Trinajstić information content (AvgIpc) is 2.83. The molecule has 1 heterocycles. The number of benzene rings is 1. The fraction of sp³-hybridized carbons (Fsp3) is 0.571. The molecule has 0 saturated carbocycles. The third-order valence-electron chi connectivity index (χ3n) is 3.57. The lowest BCUT2D eigenvalue weighted by atomic mass is 9.91. The van der Waals surface area contributed by atoms with E-state index in [-0.39, 0.29) is 17.4 Å². The second-order valence-electron chi connectivity index (χ2n) is 4.70. The molecule has 3 atom stereocenters. The van der Waals surface area contributed by atoms with Gasteiger partial charge in [0.2, 0.25) is 0 Å². The molecule has 0 radical (unpaired) electrons. The quantitative estimate of drug-likeness (QED) is 0.756. The maximum Gasteiger partial charge on any atom is 0.162 e. The lowest BCUT2D eigenvalue weighted by molar-refractivity contribution is 0.0864. The van der Waals surface area contributed by atoms with Crippen molar-refractivity contribution in [2.24, 2.45) is 5.92 Å². The number of ether oxygens (including phenoxy) is 1. The molecule has 0 spiro atoms. The summed E-state index contributed by atoms with van der Waals surface area (Å²) in [5.41, 5.74) is 0.344. The van der Waals surface area contributed by atoms with Crippen LogP contribution in [0.1, 0.15) is 25.3 Å². The van der Waals surface area contributed by atoms with Crippen molar-refractivity contribution in [3.8, 4) is 0 Å². The van der Waals surface area contributed by atoms with Gasteiger partial charge in [-0.1, -0.05) is 19.1 Å². The van der Waals surface area contributed by atoms with Gasteiger partial charge >= 0.3 is 0 Å². The van der Waals surface area contributed by atoms with Crippen LogP contribution in [-0.4, -0.2) is 18.1 Å². The molecule has 4 heteroatoms. The minimum absolute atomic E-state index is 0.143. The van der Waals surface area contributed by atoms with Crippen LogP contribution in [0.25, 0.3) is 0 Å². The van der Waals surface area contributed by atoms with E-state index in [9.17, 15) is 8.78 Å². The van der Waals surface area contributed by atoms with E-state index >= 15 is 0 Å². The molecule has 3 unspecified atom stereocenters. The molecule has 1 aromatic carbocycles. The Kier molecular flexibility index (Phi) is 4.57. The molecule has 1 nitrogen and oxygen atoms in total. The largest absolute Gasteiger partial charge is 0.378 e. The van der Waals surface area contributed by atoms with Crippen LogP contribution in [0.3, 0.4) is 0 Å². The molecule has 18 heavy (non-hydrogen) atoms. The van der Waals surface area contributed by atoms with Crippen molar-refractivity contribution in [3.05, 3.63) is 35.4 Å². The molecule has 0 aliphatic carbocycles. The summed E-state index contributed by atoms with van der Waals surface area (Å²) >= 11 is 6.35. The number of hydrogen-bond acceptors (Lipinski definition) is 1. The summed E-state index contributed by atoms with van der Waals surface area (Å²) in [4.78, 5) is 0. The minimum atomic E-state index is -0.814. The van der Waals surface area contributed by atoms with E-state index in [1.165, 1.54) is 6.07 Å². The van der Waals surface area contributed by atoms with Gasteiger partial charge in [-0.3, -0.25) is 0 Å². The maximum absolute atomic E-state index is 13.6. The van der Waals surface area contributed by atoms with Crippen LogP contribution < -0.4 is 0 Å². The number of alkyl halides is 1. The molecular weight excluding hydrogens is 258 g/mol. The fourth-order valence-electron chi connectivity index (χ4n) is 2.57. The molecule has 0 amide bonds. The van der Waals surface area contributed by atoms with Crippen LogP contribution in [0, 0.1) is 17.6 Å². The maximum atomic E-state index is 13.6. The monoisotopic (exact) mass is 274 g/mol. The van der Waals surface area contributed by atoms with Crippen LogP contribution in [0.2, 0.25) is 0 Å². The summed E-state index contributed by atoms with van der Waals surface area (Å²) in [6, 6.07) is 4.22. The van der Waals surface area contributed by atoms with Gasteiger partial charge in [-0.25, -0.2) is 8.78 Å². The molecule has 1 aliphatic heterocycles. The predicted molar refractivity (Wildman–Crippen MR) is 67.8 cm³/mol. The third kappa shape index (κ3) is 2.83. The Bertz CT molecular complexity index is 411. The van der Waals surface area contributed by atoms with Crippen molar-refractivity contribution < 1.29 is 13.5 Å². The molecular formula is C14H17ClF2O. The van der Waals surface area contributed by atoms with E-state index in [0.717, 1.165) is 18.9 Å². The summed E-state index contributed by atoms with van der Waals surface area (Å²) in [6.45, 7) is 2.76. The molecule has 0 bridgehead atoms. The van der Waals surface area contributed by atoms with Crippen molar-refractivity contribution in [1.29, 1.82) is 0 Å². The lowest BCUT2D eigenvalue weighted by Crippen LogP contribution is -2.26. The van der Waals surface area contributed by atoms with E-state index in [0.29, 0.717) is 18.6 Å². The van der Waals surface area contributed by atoms with Gasteiger partial charge in [0, 0.05) is 17.9 Å². The molecule has 2 rings (SSSR count).